The molecule has 2 aromatic rings. The summed E-state index contributed by atoms with van der Waals surface area (Å²) in [5.41, 5.74) is 2.74. The highest BCUT2D eigenvalue weighted by atomic mass is 79.9. The molecule has 21 heavy (non-hydrogen) atoms. The van der Waals surface area contributed by atoms with Crippen LogP contribution in [0.15, 0.2) is 46.9 Å². The predicted octanol–water partition coefficient (Wildman–Crippen LogP) is 4.33. The van der Waals surface area contributed by atoms with Crippen molar-refractivity contribution in [1.29, 1.82) is 0 Å². The van der Waals surface area contributed by atoms with Gasteiger partial charge in [0, 0.05) is 24.6 Å². The molecule has 0 unspecified atom stereocenters. The number of nitrogens with one attached hydrogen (secondary N) is 1. The Hall–Kier alpha value is -1.39. The lowest BCUT2D eigenvalue weighted by Gasteiger charge is -2.20. The van der Waals surface area contributed by atoms with Gasteiger partial charge >= 0.3 is 0 Å². The third-order valence-electron chi connectivity index (χ3n) is 3.34. The van der Waals surface area contributed by atoms with Crippen molar-refractivity contribution in [3.8, 4) is 0 Å². The third-order valence-corrected chi connectivity index (χ3v) is 3.86. The molecule has 0 amide bonds. The summed E-state index contributed by atoms with van der Waals surface area (Å²) in [4.78, 5) is 1.93. The molecule has 0 aliphatic rings. The van der Waals surface area contributed by atoms with Crippen LogP contribution in [-0.4, -0.2) is 13.6 Å². The number of hydrogen-bond donors (Lipinski definition) is 1. The molecule has 2 aromatic carbocycles. The van der Waals surface area contributed by atoms with E-state index in [2.05, 4.69) is 21.2 Å². The van der Waals surface area contributed by atoms with Crippen molar-refractivity contribution in [2.45, 2.75) is 20.0 Å². The minimum Gasteiger partial charge on any atom is -0.368 e. The molecule has 0 fully saturated rings. The average Bonchev–Trinajstić information content (AvgIpc) is 2.47. The zero-order chi connectivity index (χ0) is 15.2. The van der Waals surface area contributed by atoms with Gasteiger partial charge in [-0.1, -0.05) is 41.1 Å². The van der Waals surface area contributed by atoms with Crippen LogP contribution >= 0.6 is 15.9 Å². The number of halogens is 2. The smallest absolute Gasteiger partial charge is 0.146 e. The molecule has 0 aliphatic carbocycles. The van der Waals surface area contributed by atoms with Gasteiger partial charge < -0.3 is 10.2 Å². The Morgan fingerprint density at radius 3 is 2.38 bits per heavy atom. The molecule has 2 nitrogen and oxygen atoms in total. The first-order chi connectivity index (χ1) is 10.1. The summed E-state index contributed by atoms with van der Waals surface area (Å²) in [5.74, 6) is -0.176. The minimum absolute atomic E-state index is 0.176. The number of benzene rings is 2. The van der Waals surface area contributed by atoms with Crippen molar-refractivity contribution in [2.24, 2.45) is 0 Å². The molecule has 0 bridgehead atoms. The standard InChI is InChI=1S/C17H20BrFN2/c1-3-20-11-14-6-9-17(16(19)10-14)21(2)12-13-4-7-15(18)8-5-13/h4-10,20H,3,11-12H2,1-2H3. The van der Waals surface area contributed by atoms with E-state index in [1.54, 1.807) is 6.07 Å². The summed E-state index contributed by atoms with van der Waals surface area (Å²) in [6.45, 7) is 4.30. The van der Waals surface area contributed by atoms with Crippen molar-refractivity contribution >= 4 is 21.6 Å². The predicted molar refractivity (Wildman–Crippen MR) is 90.0 cm³/mol. The maximum atomic E-state index is 14.2. The van der Waals surface area contributed by atoms with E-state index < -0.39 is 0 Å². The molecule has 1 N–H and O–H groups in total. The second kappa shape index (κ2) is 7.57. The lowest BCUT2D eigenvalue weighted by Crippen LogP contribution is -2.18. The molecule has 0 radical (unpaired) electrons. The van der Waals surface area contributed by atoms with Crippen LogP contribution in [0.4, 0.5) is 10.1 Å². The van der Waals surface area contributed by atoms with Crippen molar-refractivity contribution in [2.75, 3.05) is 18.5 Å². The zero-order valence-electron chi connectivity index (χ0n) is 12.4. The van der Waals surface area contributed by atoms with Crippen molar-refractivity contribution in [3.05, 3.63) is 63.9 Å². The molecule has 4 heteroatoms. The van der Waals surface area contributed by atoms with Gasteiger partial charge in [-0.15, -0.1) is 0 Å². The molecule has 0 spiro atoms. The fraction of sp³-hybridized carbons (Fsp3) is 0.294. The zero-order valence-corrected chi connectivity index (χ0v) is 14.0. The Balaban J connectivity index is 2.08. The lowest BCUT2D eigenvalue weighted by atomic mass is 10.1. The van der Waals surface area contributed by atoms with Crippen LogP contribution in [0.1, 0.15) is 18.1 Å². The van der Waals surface area contributed by atoms with E-state index >= 15 is 0 Å². The lowest BCUT2D eigenvalue weighted by molar-refractivity contribution is 0.616. The van der Waals surface area contributed by atoms with Crippen LogP contribution in [0.2, 0.25) is 0 Å². The van der Waals surface area contributed by atoms with Gasteiger partial charge in [-0.2, -0.15) is 0 Å². The van der Waals surface area contributed by atoms with Gasteiger partial charge in [-0.3, -0.25) is 0 Å². The van der Waals surface area contributed by atoms with Gasteiger partial charge in [0.2, 0.25) is 0 Å². The number of rotatable bonds is 6. The second-order valence-corrected chi connectivity index (χ2v) is 5.96. The first-order valence-corrected chi connectivity index (χ1v) is 7.84. The van der Waals surface area contributed by atoms with Gasteiger partial charge in [0.1, 0.15) is 5.82 Å². The van der Waals surface area contributed by atoms with Crippen LogP contribution in [0.5, 0.6) is 0 Å². The summed E-state index contributed by atoms with van der Waals surface area (Å²) >= 11 is 3.42. The fourth-order valence-corrected chi connectivity index (χ4v) is 2.45. The highest BCUT2D eigenvalue weighted by Crippen LogP contribution is 2.22. The largest absolute Gasteiger partial charge is 0.368 e. The number of hydrogen-bond acceptors (Lipinski definition) is 2. The summed E-state index contributed by atoms with van der Waals surface area (Å²) in [6.07, 6.45) is 0. The van der Waals surface area contributed by atoms with Crippen LogP contribution in [-0.2, 0) is 13.1 Å². The number of anilines is 1. The summed E-state index contributed by atoms with van der Waals surface area (Å²) < 4.78 is 15.3. The van der Waals surface area contributed by atoms with Gasteiger partial charge in [-0.05, 0) is 41.9 Å². The first kappa shape index (κ1) is 16.0. The van der Waals surface area contributed by atoms with Crippen LogP contribution < -0.4 is 10.2 Å². The monoisotopic (exact) mass is 350 g/mol. The molecule has 0 atom stereocenters. The molecular formula is C17H20BrFN2. The Bertz CT molecular complexity index is 584. The molecule has 0 saturated heterocycles. The highest BCUT2D eigenvalue weighted by Gasteiger charge is 2.09. The van der Waals surface area contributed by atoms with E-state index in [4.69, 9.17) is 0 Å². The first-order valence-electron chi connectivity index (χ1n) is 7.05. The molecule has 0 heterocycles. The molecule has 0 aromatic heterocycles. The van der Waals surface area contributed by atoms with E-state index in [0.29, 0.717) is 18.8 Å². The Kier molecular flexibility index (Phi) is 5.76. The summed E-state index contributed by atoms with van der Waals surface area (Å²) in [6, 6.07) is 13.5. The van der Waals surface area contributed by atoms with Crippen molar-refractivity contribution < 1.29 is 4.39 Å². The molecule has 0 saturated carbocycles. The van der Waals surface area contributed by atoms with Crippen molar-refractivity contribution in [3.63, 3.8) is 0 Å². The van der Waals surface area contributed by atoms with Crippen molar-refractivity contribution in [1.82, 2.24) is 5.32 Å². The van der Waals surface area contributed by atoms with Gasteiger partial charge in [0.25, 0.3) is 0 Å². The van der Waals surface area contributed by atoms with Gasteiger partial charge in [0.15, 0.2) is 0 Å². The van der Waals surface area contributed by atoms with Gasteiger partial charge in [0.05, 0.1) is 5.69 Å². The molecule has 0 aliphatic heterocycles. The van der Waals surface area contributed by atoms with E-state index in [0.717, 1.165) is 22.1 Å². The van der Waals surface area contributed by atoms with E-state index in [-0.39, 0.29) is 5.82 Å². The molecule has 112 valence electrons. The minimum atomic E-state index is -0.176. The normalized spacial score (nSPS) is 10.7. The Morgan fingerprint density at radius 1 is 1.10 bits per heavy atom. The van der Waals surface area contributed by atoms with Gasteiger partial charge in [-0.25, -0.2) is 4.39 Å². The quantitative estimate of drug-likeness (QED) is 0.833. The van der Waals surface area contributed by atoms with E-state index in [1.165, 1.54) is 0 Å². The van der Waals surface area contributed by atoms with E-state index in [9.17, 15) is 4.39 Å². The van der Waals surface area contributed by atoms with Crippen LogP contribution in [0.3, 0.4) is 0 Å². The SMILES string of the molecule is CCNCc1ccc(N(C)Cc2ccc(Br)cc2)c(F)c1. The molecular weight excluding hydrogens is 331 g/mol. The fourth-order valence-electron chi connectivity index (χ4n) is 2.19. The molecule has 2 rings (SSSR count). The maximum absolute atomic E-state index is 14.2. The number of nitrogens with zero attached hydrogens (tertiary/aromatic N) is 1. The Labute approximate surface area is 134 Å². The highest BCUT2D eigenvalue weighted by molar-refractivity contribution is 9.10. The maximum Gasteiger partial charge on any atom is 0.146 e. The topological polar surface area (TPSA) is 15.3 Å². The Morgan fingerprint density at radius 2 is 1.76 bits per heavy atom. The second-order valence-electron chi connectivity index (χ2n) is 5.05. The van der Waals surface area contributed by atoms with Crippen LogP contribution in [0.25, 0.3) is 0 Å². The van der Waals surface area contributed by atoms with Crippen LogP contribution in [0, 0.1) is 5.82 Å². The summed E-state index contributed by atoms with van der Waals surface area (Å²) in [5, 5.41) is 3.20. The average molecular weight is 351 g/mol. The van der Waals surface area contributed by atoms with E-state index in [1.807, 2.05) is 55.3 Å². The summed E-state index contributed by atoms with van der Waals surface area (Å²) in [7, 11) is 1.91. The third kappa shape index (κ3) is 4.55.